The SMILES string of the molecule is COC(=O)c1cccc(C(=O)OC)c1C(=O)C(F)(F)F. The molecular formula is C12H9F3O5. The maximum atomic E-state index is 12.6. The average molecular weight is 290 g/mol. The highest BCUT2D eigenvalue weighted by Gasteiger charge is 2.43. The fraction of sp³-hybridized carbons (Fsp3) is 0.250. The first-order valence-corrected chi connectivity index (χ1v) is 5.15. The first kappa shape index (κ1) is 15.7. The summed E-state index contributed by atoms with van der Waals surface area (Å²) in [6.07, 6.45) is -5.24. The highest BCUT2D eigenvalue weighted by atomic mass is 19.4. The number of hydrogen-bond acceptors (Lipinski definition) is 5. The van der Waals surface area contributed by atoms with Crippen molar-refractivity contribution in [1.29, 1.82) is 0 Å². The number of carbonyl (C=O) groups excluding carboxylic acids is 3. The molecule has 0 unspecified atom stereocenters. The van der Waals surface area contributed by atoms with Gasteiger partial charge in [0.2, 0.25) is 0 Å². The Morgan fingerprint density at radius 2 is 1.35 bits per heavy atom. The molecule has 0 aliphatic heterocycles. The number of hydrogen-bond donors (Lipinski definition) is 0. The number of ether oxygens (including phenoxy) is 2. The fourth-order valence-corrected chi connectivity index (χ4v) is 1.50. The zero-order valence-electron chi connectivity index (χ0n) is 10.4. The van der Waals surface area contributed by atoms with Crippen LogP contribution in [-0.4, -0.2) is 38.1 Å². The van der Waals surface area contributed by atoms with E-state index < -0.39 is 40.6 Å². The van der Waals surface area contributed by atoms with E-state index in [1.54, 1.807) is 0 Å². The number of methoxy groups -OCH3 is 2. The van der Waals surface area contributed by atoms with Crippen LogP contribution in [0.3, 0.4) is 0 Å². The number of carbonyl (C=O) groups is 3. The predicted octanol–water partition coefficient (Wildman–Crippen LogP) is 2.00. The molecule has 0 aliphatic carbocycles. The van der Waals surface area contributed by atoms with E-state index in [9.17, 15) is 27.6 Å². The summed E-state index contributed by atoms with van der Waals surface area (Å²) in [5, 5.41) is 0. The third kappa shape index (κ3) is 2.95. The van der Waals surface area contributed by atoms with Gasteiger partial charge in [-0.05, 0) is 12.1 Å². The van der Waals surface area contributed by atoms with E-state index in [2.05, 4.69) is 9.47 Å². The van der Waals surface area contributed by atoms with Crippen LogP contribution in [0.15, 0.2) is 18.2 Å². The molecule has 0 aromatic heterocycles. The van der Waals surface area contributed by atoms with Gasteiger partial charge in [0.05, 0.1) is 30.9 Å². The van der Waals surface area contributed by atoms with Crippen LogP contribution in [0.4, 0.5) is 13.2 Å². The lowest BCUT2D eigenvalue weighted by molar-refractivity contribution is -0.0886. The summed E-state index contributed by atoms with van der Waals surface area (Å²) < 4.78 is 46.3. The Hall–Kier alpha value is -2.38. The van der Waals surface area contributed by atoms with Crippen molar-refractivity contribution in [2.45, 2.75) is 6.18 Å². The summed E-state index contributed by atoms with van der Waals surface area (Å²) in [5.41, 5.74) is -2.39. The lowest BCUT2D eigenvalue weighted by Crippen LogP contribution is -2.28. The van der Waals surface area contributed by atoms with E-state index in [0.29, 0.717) is 0 Å². The van der Waals surface area contributed by atoms with Crippen molar-refractivity contribution < 1.29 is 37.0 Å². The summed E-state index contributed by atoms with van der Waals surface area (Å²) in [4.78, 5) is 34.3. The molecule has 1 aromatic carbocycles. The van der Waals surface area contributed by atoms with Crippen molar-refractivity contribution in [1.82, 2.24) is 0 Å². The van der Waals surface area contributed by atoms with Crippen molar-refractivity contribution >= 4 is 17.7 Å². The molecule has 0 amide bonds. The minimum atomic E-state index is -5.24. The molecule has 0 bridgehead atoms. The van der Waals surface area contributed by atoms with Crippen molar-refractivity contribution in [2.24, 2.45) is 0 Å². The topological polar surface area (TPSA) is 69.7 Å². The molecule has 1 rings (SSSR count). The predicted molar refractivity (Wildman–Crippen MR) is 59.5 cm³/mol. The molecule has 0 radical (unpaired) electrons. The summed E-state index contributed by atoms with van der Waals surface area (Å²) in [6.45, 7) is 0. The molecule has 0 heterocycles. The summed E-state index contributed by atoms with van der Waals surface area (Å²) >= 11 is 0. The minimum absolute atomic E-state index is 0.655. The van der Waals surface area contributed by atoms with Crippen LogP contribution in [0.2, 0.25) is 0 Å². The second-order valence-electron chi connectivity index (χ2n) is 3.54. The number of Topliss-reactive ketones (excluding diaryl/α,β-unsaturated/α-hetero) is 1. The first-order valence-electron chi connectivity index (χ1n) is 5.15. The second-order valence-corrected chi connectivity index (χ2v) is 3.54. The fourth-order valence-electron chi connectivity index (χ4n) is 1.50. The van der Waals surface area contributed by atoms with Crippen LogP contribution in [0.25, 0.3) is 0 Å². The standard InChI is InChI=1S/C12H9F3O5/c1-19-10(17)6-4-3-5-7(11(18)20-2)8(6)9(16)12(13,14)15/h3-5H,1-2H3. The number of benzene rings is 1. The molecule has 20 heavy (non-hydrogen) atoms. The van der Waals surface area contributed by atoms with Gasteiger partial charge < -0.3 is 9.47 Å². The lowest BCUT2D eigenvalue weighted by Gasteiger charge is -2.12. The van der Waals surface area contributed by atoms with Gasteiger partial charge in [0.25, 0.3) is 5.78 Å². The summed E-state index contributed by atoms with van der Waals surface area (Å²) in [7, 11) is 1.88. The van der Waals surface area contributed by atoms with E-state index in [1.807, 2.05) is 0 Å². The van der Waals surface area contributed by atoms with E-state index in [4.69, 9.17) is 0 Å². The zero-order valence-corrected chi connectivity index (χ0v) is 10.4. The Morgan fingerprint density at radius 1 is 0.950 bits per heavy atom. The van der Waals surface area contributed by atoms with Crippen LogP contribution in [0.5, 0.6) is 0 Å². The Kier molecular flexibility index (Phi) is 4.49. The number of rotatable bonds is 3. The monoisotopic (exact) mass is 290 g/mol. The van der Waals surface area contributed by atoms with Gasteiger partial charge in [-0.3, -0.25) is 4.79 Å². The number of halogens is 3. The van der Waals surface area contributed by atoms with Crippen molar-refractivity contribution in [3.05, 3.63) is 34.9 Å². The third-order valence-electron chi connectivity index (χ3n) is 2.36. The highest BCUT2D eigenvalue weighted by Crippen LogP contribution is 2.27. The molecule has 108 valence electrons. The maximum absolute atomic E-state index is 12.6. The van der Waals surface area contributed by atoms with Crippen LogP contribution in [0.1, 0.15) is 31.1 Å². The molecular weight excluding hydrogens is 281 g/mol. The van der Waals surface area contributed by atoms with Gasteiger partial charge in [0, 0.05) is 0 Å². The Balaban J connectivity index is 3.60. The van der Waals surface area contributed by atoms with Gasteiger partial charge >= 0.3 is 18.1 Å². The van der Waals surface area contributed by atoms with Gasteiger partial charge in [0.15, 0.2) is 0 Å². The largest absolute Gasteiger partial charge is 0.465 e. The minimum Gasteiger partial charge on any atom is -0.465 e. The van der Waals surface area contributed by atoms with Crippen LogP contribution in [-0.2, 0) is 9.47 Å². The lowest BCUT2D eigenvalue weighted by atomic mass is 9.97. The summed E-state index contributed by atoms with van der Waals surface area (Å²) in [5.74, 6) is -4.65. The van der Waals surface area contributed by atoms with E-state index in [-0.39, 0.29) is 0 Å². The molecule has 0 saturated heterocycles. The smallest absolute Gasteiger partial charge is 0.454 e. The number of ketones is 1. The summed E-state index contributed by atoms with van der Waals surface area (Å²) in [6, 6.07) is 3.06. The van der Waals surface area contributed by atoms with Crippen molar-refractivity contribution in [3.8, 4) is 0 Å². The Bertz CT molecular complexity index is 528. The normalized spacial score (nSPS) is 10.8. The van der Waals surface area contributed by atoms with E-state index >= 15 is 0 Å². The molecule has 0 N–H and O–H groups in total. The highest BCUT2D eigenvalue weighted by molar-refractivity contribution is 6.14. The second kappa shape index (κ2) is 5.72. The number of esters is 2. The van der Waals surface area contributed by atoms with Crippen LogP contribution in [0, 0.1) is 0 Å². The quantitative estimate of drug-likeness (QED) is 0.629. The Morgan fingerprint density at radius 3 is 1.65 bits per heavy atom. The van der Waals surface area contributed by atoms with Gasteiger partial charge in [-0.25, -0.2) is 9.59 Å². The molecule has 0 aliphatic rings. The van der Waals surface area contributed by atoms with E-state index in [1.165, 1.54) is 0 Å². The molecule has 5 nitrogen and oxygen atoms in total. The van der Waals surface area contributed by atoms with Gasteiger partial charge in [-0.2, -0.15) is 13.2 Å². The molecule has 0 saturated carbocycles. The maximum Gasteiger partial charge on any atom is 0.454 e. The third-order valence-corrected chi connectivity index (χ3v) is 2.36. The Labute approximate surface area is 111 Å². The van der Waals surface area contributed by atoms with Gasteiger partial charge in [-0.15, -0.1) is 0 Å². The molecule has 1 aromatic rings. The average Bonchev–Trinajstić information content (AvgIpc) is 2.42. The zero-order chi connectivity index (χ0) is 15.5. The van der Waals surface area contributed by atoms with Crippen molar-refractivity contribution in [2.75, 3.05) is 14.2 Å². The van der Waals surface area contributed by atoms with Crippen LogP contribution >= 0.6 is 0 Å². The molecule has 0 fully saturated rings. The van der Waals surface area contributed by atoms with Crippen molar-refractivity contribution in [3.63, 3.8) is 0 Å². The first-order chi connectivity index (χ1) is 9.23. The number of alkyl halides is 3. The molecule has 0 atom stereocenters. The van der Waals surface area contributed by atoms with Gasteiger partial charge in [0.1, 0.15) is 0 Å². The molecule has 0 spiro atoms. The van der Waals surface area contributed by atoms with Crippen LogP contribution < -0.4 is 0 Å². The van der Waals surface area contributed by atoms with E-state index in [0.717, 1.165) is 32.4 Å². The van der Waals surface area contributed by atoms with Gasteiger partial charge in [-0.1, -0.05) is 6.07 Å². The molecule has 8 heteroatoms.